The number of aromatic nitrogens is 3. The summed E-state index contributed by atoms with van der Waals surface area (Å²) in [6.07, 6.45) is 4.68. The lowest BCUT2D eigenvalue weighted by Crippen LogP contribution is -2.26. The minimum absolute atomic E-state index is 0.232. The van der Waals surface area contributed by atoms with Gasteiger partial charge in [-0.05, 0) is 37.0 Å². The first-order valence-electron chi connectivity index (χ1n) is 6.63. The van der Waals surface area contributed by atoms with Crippen LogP contribution in [-0.4, -0.2) is 15.0 Å². The Morgan fingerprint density at radius 2 is 1.39 bits per heavy atom. The number of nitrogens with zero attached hydrogens (tertiary/aromatic N) is 3. The number of rotatable bonds is 1. The molecule has 0 atom stereocenters. The van der Waals surface area contributed by atoms with E-state index in [1.54, 1.807) is 0 Å². The highest BCUT2D eigenvalue weighted by atomic mass is 15.1. The average molecular weight is 249 g/mol. The third kappa shape index (κ3) is 2.89. The Morgan fingerprint density at radius 3 is 1.83 bits per heavy atom. The van der Waals surface area contributed by atoms with Gasteiger partial charge in [-0.25, -0.2) is 0 Å². The topological polar surface area (TPSA) is 90.7 Å². The van der Waals surface area contributed by atoms with E-state index in [2.05, 4.69) is 35.7 Å². The highest BCUT2D eigenvalue weighted by Gasteiger charge is 2.31. The van der Waals surface area contributed by atoms with Crippen LogP contribution in [0.25, 0.3) is 0 Å². The molecule has 0 bridgehead atoms. The highest BCUT2D eigenvalue weighted by Crippen LogP contribution is 2.42. The molecule has 2 rings (SSSR count). The van der Waals surface area contributed by atoms with Gasteiger partial charge in [-0.1, -0.05) is 20.8 Å². The zero-order valence-electron chi connectivity index (χ0n) is 11.5. The molecule has 4 N–H and O–H groups in total. The molecule has 1 aromatic rings. The molecule has 1 saturated carbocycles. The van der Waals surface area contributed by atoms with Gasteiger partial charge in [0.15, 0.2) is 0 Å². The van der Waals surface area contributed by atoms with Crippen molar-refractivity contribution in [1.82, 2.24) is 15.0 Å². The summed E-state index contributed by atoms with van der Waals surface area (Å²) in [6, 6.07) is 0. The predicted octanol–water partition coefficient (Wildman–Crippen LogP) is 2.36. The summed E-state index contributed by atoms with van der Waals surface area (Å²) in [5.74, 6) is 2.40. The maximum absolute atomic E-state index is 5.62. The van der Waals surface area contributed by atoms with Gasteiger partial charge >= 0.3 is 0 Å². The van der Waals surface area contributed by atoms with Crippen molar-refractivity contribution >= 4 is 11.9 Å². The molecular formula is C13H23N5. The van der Waals surface area contributed by atoms with Gasteiger partial charge in [0.2, 0.25) is 11.9 Å². The molecule has 1 aliphatic rings. The zero-order chi connectivity index (χ0) is 13.3. The Balaban J connectivity index is 2.05. The van der Waals surface area contributed by atoms with Crippen molar-refractivity contribution in [3.05, 3.63) is 5.82 Å². The minimum Gasteiger partial charge on any atom is -0.368 e. The van der Waals surface area contributed by atoms with Gasteiger partial charge in [0.1, 0.15) is 5.82 Å². The van der Waals surface area contributed by atoms with Crippen LogP contribution in [0.5, 0.6) is 0 Å². The Kier molecular flexibility index (Phi) is 3.41. The number of hydrogen-bond donors (Lipinski definition) is 2. The largest absolute Gasteiger partial charge is 0.368 e. The molecule has 0 saturated heterocycles. The second-order valence-corrected chi connectivity index (χ2v) is 6.32. The van der Waals surface area contributed by atoms with Gasteiger partial charge in [-0.3, -0.25) is 0 Å². The second kappa shape index (κ2) is 4.71. The minimum atomic E-state index is 0.232. The van der Waals surface area contributed by atoms with Crippen LogP contribution < -0.4 is 11.5 Å². The van der Waals surface area contributed by atoms with Crippen molar-refractivity contribution in [2.24, 2.45) is 11.3 Å². The standard InChI is InChI=1S/C13H23N5/c1-13(2,3)9-6-4-8(5-7-9)10-16-11(14)18-12(15)17-10/h8-9H,4-7H2,1-3H3,(H4,14,15,16,17,18). The molecule has 0 aliphatic heterocycles. The lowest BCUT2D eigenvalue weighted by atomic mass is 9.70. The molecule has 100 valence electrons. The molecule has 1 heterocycles. The number of nitrogens with two attached hydrogens (primary N) is 2. The van der Waals surface area contributed by atoms with Gasteiger partial charge < -0.3 is 11.5 Å². The van der Waals surface area contributed by atoms with Crippen molar-refractivity contribution in [2.75, 3.05) is 11.5 Å². The van der Waals surface area contributed by atoms with Crippen molar-refractivity contribution < 1.29 is 0 Å². The lowest BCUT2D eigenvalue weighted by molar-refractivity contribution is 0.167. The van der Waals surface area contributed by atoms with Crippen LogP contribution in [0.2, 0.25) is 0 Å². The third-order valence-electron chi connectivity index (χ3n) is 4.00. The summed E-state index contributed by atoms with van der Waals surface area (Å²) < 4.78 is 0. The Morgan fingerprint density at radius 1 is 0.889 bits per heavy atom. The van der Waals surface area contributed by atoms with Gasteiger partial charge in [-0.15, -0.1) is 0 Å². The predicted molar refractivity (Wildman–Crippen MR) is 72.8 cm³/mol. The normalized spacial score (nSPS) is 25.1. The SMILES string of the molecule is CC(C)(C)C1CCC(c2nc(N)nc(N)n2)CC1. The van der Waals surface area contributed by atoms with Gasteiger partial charge in [0, 0.05) is 5.92 Å². The van der Waals surface area contributed by atoms with Crippen molar-refractivity contribution in [3.8, 4) is 0 Å². The first kappa shape index (κ1) is 13.1. The van der Waals surface area contributed by atoms with E-state index in [-0.39, 0.29) is 11.9 Å². The number of anilines is 2. The fraction of sp³-hybridized carbons (Fsp3) is 0.769. The molecule has 5 heteroatoms. The fourth-order valence-corrected chi connectivity index (χ4v) is 2.83. The van der Waals surface area contributed by atoms with Crippen LogP contribution in [0.3, 0.4) is 0 Å². The fourth-order valence-electron chi connectivity index (χ4n) is 2.83. The van der Waals surface area contributed by atoms with Crippen molar-refractivity contribution in [2.45, 2.75) is 52.4 Å². The van der Waals surface area contributed by atoms with E-state index in [0.29, 0.717) is 11.3 Å². The van der Waals surface area contributed by atoms with E-state index in [1.807, 2.05) is 0 Å². The Hall–Kier alpha value is -1.39. The maximum Gasteiger partial charge on any atom is 0.225 e. The van der Waals surface area contributed by atoms with Crippen LogP contribution in [0, 0.1) is 11.3 Å². The van der Waals surface area contributed by atoms with Gasteiger partial charge in [0.25, 0.3) is 0 Å². The van der Waals surface area contributed by atoms with Crippen LogP contribution in [0.15, 0.2) is 0 Å². The van der Waals surface area contributed by atoms with E-state index in [4.69, 9.17) is 11.5 Å². The van der Waals surface area contributed by atoms with Crippen LogP contribution >= 0.6 is 0 Å². The first-order chi connectivity index (χ1) is 8.36. The van der Waals surface area contributed by atoms with E-state index in [1.165, 1.54) is 12.8 Å². The molecule has 1 aromatic heterocycles. The van der Waals surface area contributed by atoms with Gasteiger partial charge in [-0.2, -0.15) is 15.0 Å². The zero-order valence-corrected chi connectivity index (χ0v) is 11.5. The highest BCUT2D eigenvalue weighted by molar-refractivity contribution is 5.27. The van der Waals surface area contributed by atoms with E-state index < -0.39 is 0 Å². The Bertz CT molecular complexity index is 396. The lowest BCUT2D eigenvalue weighted by Gasteiger charge is -2.36. The first-order valence-corrected chi connectivity index (χ1v) is 6.63. The third-order valence-corrected chi connectivity index (χ3v) is 4.00. The summed E-state index contributed by atoms with van der Waals surface area (Å²) in [5.41, 5.74) is 11.6. The van der Waals surface area contributed by atoms with E-state index in [9.17, 15) is 0 Å². The molecule has 1 aliphatic carbocycles. The molecule has 0 spiro atoms. The van der Waals surface area contributed by atoms with E-state index in [0.717, 1.165) is 24.6 Å². The molecule has 5 nitrogen and oxygen atoms in total. The van der Waals surface area contributed by atoms with E-state index >= 15 is 0 Å². The summed E-state index contributed by atoms with van der Waals surface area (Å²) in [4.78, 5) is 12.3. The van der Waals surface area contributed by atoms with Crippen molar-refractivity contribution in [3.63, 3.8) is 0 Å². The molecule has 0 radical (unpaired) electrons. The van der Waals surface area contributed by atoms with Crippen LogP contribution in [0.4, 0.5) is 11.9 Å². The molecule has 0 unspecified atom stereocenters. The summed E-state index contributed by atoms with van der Waals surface area (Å²) in [5, 5.41) is 0. The summed E-state index contributed by atoms with van der Waals surface area (Å²) in [7, 11) is 0. The van der Waals surface area contributed by atoms with Crippen LogP contribution in [-0.2, 0) is 0 Å². The number of nitrogen functional groups attached to an aromatic ring is 2. The molecule has 0 aromatic carbocycles. The van der Waals surface area contributed by atoms with Crippen LogP contribution in [0.1, 0.15) is 58.2 Å². The average Bonchev–Trinajstić information content (AvgIpc) is 2.27. The van der Waals surface area contributed by atoms with Crippen molar-refractivity contribution in [1.29, 1.82) is 0 Å². The summed E-state index contributed by atoms with van der Waals surface area (Å²) in [6.45, 7) is 6.95. The summed E-state index contributed by atoms with van der Waals surface area (Å²) >= 11 is 0. The molecular weight excluding hydrogens is 226 g/mol. The molecule has 0 amide bonds. The molecule has 1 fully saturated rings. The Labute approximate surface area is 108 Å². The van der Waals surface area contributed by atoms with Gasteiger partial charge in [0.05, 0.1) is 0 Å². The number of hydrogen-bond acceptors (Lipinski definition) is 5. The smallest absolute Gasteiger partial charge is 0.225 e. The monoisotopic (exact) mass is 249 g/mol. The quantitative estimate of drug-likeness (QED) is 0.797. The maximum atomic E-state index is 5.62. The second-order valence-electron chi connectivity index (χ2n) is 6.32. The molecule has 18 heavy (non-hydrogen) atoms.